The van der Waals surface area contributed by atoms with Crippen molar-refractivity contribution in [3.8, 4) is 11.5 Å². The first kappa shape index (κ1) is 11.7. The van der Waals surface area contributed by atoms with Gasteiger partial charge in [0.1, 0.15) is 16.5 Å². The van der Waals surface area contributed by atoms with Crippen molar-refractivity contribution in [3.63, 3.8) is 0 Å². The van der Waals surface area contributed by atoms with Crippen molar-refractivity contribution in [2.24, 2.45) is 0 Å². The SMILES string of the molecule is Cc1cc(C(C)C(=O)O)c(O)c(Cl)c1O. The number of hydrogen-bond donors (Lipinski definition) is 3. The van der Waals surface area contributed by atoms with Crippen LogP contribution in [0.5, 0.6) is 11.5 Å². The quantitative estimate of drug-likeness (QED) is 0.728. The first-order valence-corrected chi connectivity index (χ1v) is 4.67. The number of carboxylic acids is 1. The number of phenolic OH excluding ortho intramolecular Hbond substituents is 2. The van der Waals surface area contributed by atoms with E-state index in [1.165, 1.54) is 13.0 Å². The summed E-state index contributed by atoms with van der Waals surface area (Å²) < 4.78 is 0. The normalized spacial score (nSPS) is 12.5. The highest BCUT2D eigenvalue weighted by Gasteiger charge is 2.22. The third-order valence-corrected chi connectivity index (χ3v) is 2.63. The molecule has 1 unspecified atom stereocenters. The van der Waals surface area contributed by atoms with Crippen molar-refractivity contribution in [2.45, 2.75) is 19.8 Å². The van der Waals surface area contributed by atoms with E-state index in [0.717, 1.165) is 0 Å². The lowest BCUT2D eigenvalue weighted by Crippen LogP contribution is -2.08. The Hall–Kier alpha value is -1.42. The number of aromatic hydroxyl groups is 2. The highest BCUT2D eigenvalue weighted by molar-refractivity contribution is 6.33. The minimum absolute atomic E-state index is 0.197. The van der Waals surface area contributed by atoms with Gasteiger partial charge < -0.3 is 15.3 Å². The molecule has 0 aliphatic heterocycles. The topological polar surface area (TPSA) is 77.8 Å². The molecular weight excluding hydrogens is 220 g/mol. The zero-order valence-corrected chi connectivity index (χ0v) is 9.04. The van der Waals surface area contributed by atoms with Crippen LogP contribution in [-0.2, 0) is 4.79 Å². The second-order valence-electron chi connectivity index (χ2n) is 3.35. The van der Waals surface area contributed by atoms with Crippen LogP contribution in [-0.4, -0.2) is 21.3 Å². The van der Waals surface area contributed by atoms with Gasteiger partial charge in [0.25, 0.3) is 0 Å². The van der Waals surface area contributed by atoms with Crippen LogP contribution in [0.15, 0.2) is 6.07 Å². The molecule has 1 aromatic rings. The lowest BCUT2D eigenvalue weighted by atomic mass is 9.98. The monoisotopic (exact) mass is 230 g/mol. The van der Waals surface area contributed by atoms with Gasteiger partial charge in [0, 0.05) is 5.56 Å². The zero-order chi connectivity index (χ0) is 11.7. The van der Waals surface area contributed by atoms with Crippen LogP contribution in [0, 0.1) is 6.92 Å². The molecule has 0 spiro atoms. The lowest BCUT2D eigenvalue weighted by molar-refractivity contribution is -0.138. The summed E-state index contributed by atoms with van der Waals surface area (Å²) in [7, 11) is 0. The molecule has 5 heteroatoms. The summed E-state index contributed by atoms with van der Waals surface area (Å²) >= 11 is 5.64. The number of phenols is 2. The van der Waals surface area contributed by atoms with Crippen LogP contribution in [0.4, 0.5) is 0 Å². The maximum absolute atomic E-state index is 10.7. The van der Waals surface area contributed by atoms with Gasteiger partial charge in [-0.1, -0.05) is 11.6 Å². The second-order valence-corrected chi connectivity index (χ2v) is 3.73. The van der Waals surface area contributed by atoms with E-state index in [2.05, 4.69) is 0 Å². The minimum Gasteiger partial charge on any atom is -0.506 e. The minimum atomic E-state index is -1.06. The van der Waals surface area contributed by atoms with Crippen LogP contribution in [0.25, 0.3) is 0 Å². The van der Waals surface area contributed by atoms with Crippen molar-refractivity contribution in [3.05, 3.63) is 22.2 Å². The number of aliphatic carboxylic acids is 1. The third-order valence-electron chi connectivity index (χ3n) is 2.27. The number of hydrogen-bond acceptors (Lipinski definition) is 3. The summed E-state index contributed by atoms with van der Waals surface area (Å²) in [5.74, 6) is -2.54. The molecule has 1 aromatic carbocycles. The van der Waals surface area contributed by atoms with E-state index in [9.17, 15) is 15.0 Å². The fourth-order valence-corrected chi connectivity index (χ4v) is 1.50. The van der Waals surface area contributed by atoms with Gasteiger partial charge in [0.15, 0.2) is 0 Å². The molecule has 0 radical (unpaired) electrons. The molecule has 0 bridgehead atoms. The zero-order valence-electron chi connectivity index (χ0n) is 8.28. The third kappa shape index (κ3) is 1.99. The van der Waals surface area contributed by atoms with Gasteiger partial charge in [-0.25, -0.2) is 0 Å². The van der Waals surface area contributed by atoms with Crippen molar-refractivity contribution in [2.75, 3.05) is 0 Å². The highest BCUT2D eigenvalue weighted by Crippen LogP contribution is 2.40. The van der Waals surface area contributed by atoms with E-state index in [0.29, 0.717) is 5.56 Å². The van der Waals surface area contributed by atoms with E-state index >= 15 is 0 Å². The number of rotatable bonds is 2. The fraction of sp³-hybridized carbons (Fsp3) is 0.300. The van der Waals surface area contributed by atoms with Gasteiger partial charge in [-0.15, -0.1) is 0 Å². The number of halogens is 1. The Labute approximate surface area is 91.7 Å². The van der Waals surface area contributed by atoms with Crippen LogP contribution in [0.1, 0.15) is 24.0 Å². The molecule has 0 aromatic heterocycles. The summed E-state index contributed by atoms with van der Waals surface area (Å²) in [6, 6.07) is 1.41. The largest absolute Gasteiger partial charge is 0.506 e. The maximum Gasteiger partial charge on any atom is 0.310 e. The van der Waals surface area contributed by atoms with Crippen molar-refractivity contribution < 1.29 is 20.1 Å². The van der Waals surface area contributed by atoms with E-state index in [1.54, 1.807) is 6.92 Å². The predicted molar refractivity (Wildman–Crippen MR) is 55.6 cm³/mol. The van der Waals surface area contributed by atoms with Crippen LogP contribution in [0.2, 0.25) is 5.02 Å². The molecular formula is C10H11ClO4. The van der Waals surface area contributed by atoms with Gasteiger partial charge in [-0.05, 0) is 25.5 Å². The van der Waals surface area contributed by atoms with Crippen molar-refractivity contribution in [1.29, 1.82) is 0 Å². The summed E-state index contributed by atoms with van der Waals surface area (Å²) in [6.45, 7) is 3.02. The van der Waals surface area contributed by atoms with Crippen LogP contribution < -0.4 is 0 Å². The van der Waals surface area contributed by atoms with E-state index < -0.39 is 11.9 Å². The summed E-state index contributed by atoms with van der Waals surface area (Å²) in [4.78, 5) is 10.7. The van der Waals surface area contributed by atoms with Crippen molar-refractivity contribution >= 4 is 17.6 Å². The smallest absolute Gasteiger partial charge is 0.310 e. The lowest BCUT2D eigenvalue weighted by Gasteiger charge is -2.13. The molecule has 0 fully saturated rings. The molecule has 3 N–H and O–H groups in total. The fourth-order valence-electron chi connectivity index (χ4n) is 1.25. The Morgan fingerprint density at radius 1 is 1.40 bits per heavy atom. The maximum atomic E-state index is 10.7. The number of carboxylic acid groups (broad SMARTS) is 1. The Kier molecular flexibility index (Phi) is 3.09. The number of aryl methyl sites for hydroxylation is 1. The van der Waals surface area contributed by atoms with E-state index in [4.69, 9.17) is 16.7 Å². The predicted octanol–water partition coefficient (Wildman–Crippen LogP) is 2.25. The molecule has 1 atom stereocenters. The van der Waals surface area contributed by atoms with Crippen LogP contribution >= 0.6 is 11.6 Å². The molecule has 0 heterocycles. The second kappa shape index (κ2) is 3.98. The van der Waals surface area contributed by atoms with Gasteiger partial charge in [0.2, 0.25) is 0 Å². The average Bonchev–Trinajstić information content (AvgIpc) is 2.19. The summed E-state index contributed by atoms with van der Waals surface area (Å²) in [5, 5.41) is 27.5. The molecule has 0 saturated heterocycles. The first-order chi connectivity index (χ1) is 6.86. The standard InChI is InChI=1S/C10H11ClO4/c1-4-3-6(5(2)10(14)15)9(13)7(11)8(4)12/h3,5,12-13H,1-2H3,(H,14,15). The number of carbonyl (C=O) groups is 1. The Bertz CT molecular complexity index is 414. The molecule has 82 valence electrons. The molecule has 0 aliphatic rings. The van der Waals surface area contributed by atoms with Crippen molar-refractivity contribution in [1.82, 2.24) is 0 Å². The molecule has 4 nitrogen and oxygen atoms in total. The Morgan fingerprint density at radius 2 is 1.93 bits per heavy atom. The Morgan fingerprint density at radius 3 is 2.40 bits per heavy atom. The number of benzene rings is 1. The van der Waals surface area contributed by atoms with E-state index in [-0.39, 0.29) is 22.1 Å². The summed E-state index contributed by atoms with van der Waals surface area (Å²) in [6.07, 6.45) is 0. The van der Waals surface area contributed by atoms with E-state index in [1.807, 2.05) is 0 Å². The molecule has 0 aliphatic carbocycles. The van der Waals surface area contributed by atoms with Gasteiger partial charge in [-0.3, -0.25) is 4.79 Å². The summed E-state index contributed by atoms with van der Waals surface area (Å²) in [5.41, 5.74) is 0.628. The highest BCUT2D eigenvalue weighted by atomic mass is 35.5. The molecule has 15 heavy (non-hydrogen) atoms. The molecule has 0 saturated carbocycles. The Balaban J connectivity index is 3.38. The molecule has 0 amide bonds. The average molecular weight is 231 g/mol. The van der Waals surface area contributed by atoms with Crippen LogP contribution in [0.3, 0.4) is 0 Å². The molecule has 1 rings (SSSR count). The van der Waals surface area contributed by atoms with Gasteiger partial charge in [0.05, 0.1) is 5.92 Å². The van der Waals surface area contributed by atoms with Gasteiger partial charge >= 0.3 is 5.97 Å². The first-order valence-electron chi connectivity index (χ1n) is 4.30. The van der Waals surface area contributed by atoms with Gasteiger partial charge in [-0.2, -0.15) is 0 Å².